The molecule has 1 aromatic heterocycles. The summed E-state index contributed by atoms with van der Waals surface area (Å²) in [7, 11) is 0. The summed E-state index contributed by atoms with van der Waals surface area (Å²) in [5, 5.41) is 7.06. The number of carbonyl (C=O) groups is 1. The van der Waals surface area contributed by atoms with Crippen molar-refractivity contribution in [1.29, 1.82) is 0 Å². The van der Waals surface area contributed by atoms with Gasteiger partial charge in [0.1, 0.15) is 6.54 Å². The van der Waals surface area contributed by atoms with Gasteiger partial charge in [0.15, 0.2) is 0 Å². The van der Waals surface area contributed by atoms with Crippen LogP contribution in [-0.2, 0) is 11.3 Å². The molecule has 6 nitrogen and oxygen atoms in total. The number of hydrogen-bond donors (Lipinski definition) is 1. The van der Waals surface area contributed by atoms with Crippen molar-refractivity contribution in [3.63, 3.8) is 0 Å². The quantitative estimate of drug-likeness (QED) is 0.905. The lowest BCUT2D eigenvalue weighted by Gasteiger charge is -2.19. The highest BCUT2D eigenvalue weighted by Gasteiger charge is 2.15. The first kappa shape index (κ1) is 17.5. The summed E-state index contributed by atoms with van der Waals surface area (Å²) in [6, 6.07) is 9.18. The Morgan fingerprint density at radius 2 is 1.80 bits per heavy atom. The van der Waals surface area contributed by atoms with E-state index in [4.69, 9.17) is 4.42 Å². The van der Waals surface area contributed by atoms with Crippen molar-refractivity contribution < 1.29 is 9.21 Å². The predicted octanol–water partition coefficient (Wildman–Crippen LogP) is 2.98. The Kier molecular flexibility index (Phi) is 6.04. The second kappa shape index (κ2) is 8.65. The summed E-state index contributed by atoms with van der Waals surface area (Å²) in [6.45, 7) is 0.568. The van der Waals surface area contributed by atoms with Crippen LogP contribution in [0.15, 0.2) is 39.5 Å². The van der Waals surface area contributed by atoms with Gasteiger partial charge in [-0.15, -0.1) is 5.10 Å². The number of hydrogen-bond acceptors (Lipinski definition) is 4. The first-order valence-electron chi connectivity index (χ1n) is 9.12. The zero-order valence-electron chi connectivity index (χ0n) is 14.4. The second-order valence-electron chi connectivity index (χ2n) is 6.71. The minimum Gasteiger partial charge on any atom is -0.388 e. The molecule has 0 spiro atoms. The van der Waals surface area contributed by atoms with E-state index in [9.17, 15) is 9.59 Å². The smallest absolute Gasteiger partial charge is 0.388 e. The van der Waals surface area contributed by atoms with Crippen LogP contribution in [-0.4, -0.2) is 22.2 Å². The van der Waals surface area contributed by atoms with Gasteiger partial charge < -0.3 is 9.73 Å². The molecule has 134 valence electrons. The number of nitrogens with one attached hydrogen (secondary N) is 1. The number of amides is 1. The molecule has 2 aromatic rings. The summed E-state index contributed by atoms with van der Waals surface area (Å²) in [4.78, 5) is 24.0. The van der Waals surface area contributed by atoms with E-state index >= 15 is 0 Å². The average molecular weight is 343 g/mol. The summed E-state index contributed by atoms with van der Waals surface area (Å²) >= 11 is 0. The van der Waals surface area contributed by atoms with E-state index in [1.807, 2.05) is 30.3 Å². The molecule has 3 rings (SSSR count). The highest BCUT2D eigenvalue weighted by molar-refractivity contribution is 5.75. The third kappa shape index (κ3) is 5.05. The van der Waals surface area contributed by atoms with E-state index in [0.29, 0.717) is 18.0 Å². The lowest BCUT2D eigenvalue weighted by molar-refractivity contribution is -0.122. The number of rotatable bonds is 5. The summed E-state index contributed by atoms with van der Waals surface area (Å²) in [5.41, 5.74) is 0.716. The van der Waals surface area contributed by atoms with Gasteiger partial charge in [-0.2, -0.15) is 4.68 Å². The molecular formula is C19H25N3O3. The van der Waals surface area contributed by atoms with Crippen molar-refractivity contribution in [1.82, 2.24) is 15.1 Å². The van der Waals surface area contributed by atoms with E-state index in [2.05, 4.69) is 10.4 Å². The normalized spacial score (nSPS) is 16.2. The first-order chi connectivity index (χ1) is 12.2. The fourth-order valence-corrected chi connectivity index (χ4v) is 3.30. The number of nitrogens with zero attached hydrogens (tertiary/aromatic N) is 2. The van der Waals surface area contributed by atoms with Gasteiger partial charge in [-0.05, 0) is 30.9 Å². The molecule has 6 heteroatoms. The van der Waals surface area contributed by atoms with Crippen molar-refractivity contribution in [3.05, 3.63) is 40.9 Å². The van der Waals surface area contributed by atoms with Crippen molar-refractivity contribution in [3.8, 4) is 11.5 Å². The maximum absolute atomic E-state index is 12.2. The fraction of sp³-hybridized carbons (Fsp3) is 0.526. The van der Waals surface area contributed by atoms with Crippen molar-refractivity contribution >= 4 is 5.91 Å². The molecule has 0 aliphatic heterocycles. The number of benzene rings is 1. The molecule has 25 heavy (non-hydrogen) atoms. The largest absolute Gasteiger partial charge is 0.437 e. The maximum atomic E-state index is 12.2. The van der Waals surface area contributed by atoms with E-state index < -0.39 is 5.76 Å². The van der Waals surface area contributed by atoms with E-state index in [0.717, 1.165) is 4.68 Å². The topological polar surface area (TPSA) is 77.1 Å². The average Bonchev–Trinajstić information content (AvgIpc) is 2.95. The molecule has 0 saturated heterocycles. The maximum Gasteiger partial charge on any atom is 0.437 e. The fourth-order valence-electron chi connectivity index (χ4n) is 3.30. The zero-order valence-corrected chi connectivity index (χ0v) is 14.4. The molecule has 1 aliphatic carbocycles. The van der Waals surface area contributed by atoms with E-state index in [1.54, 1.807) is 0 Å². The standard InChI is InChI=1S/C19H25N3O3/c23-17(20-13-15-9-5-2-1-3-6-10-15)14-22-19(24)25-18(21-22)16-11-7-4-8-12-16/h4,7-8,11-12,15H,1-3,5-6,9-10,13-14H2,(H,20,23). The molecule has 1 aliphatic rings. The highest BCUT2D eigenvalue weighted by Crippen LogP contribution is 2.21. The minimum atomic E-state index is -0.611. The molecule has 1 amide bonds. The molecular weight excluding hydrogens is 318 g/mol. The van der Waals surface area contributed by atoms with Crippen molar-refractivity contribution in [2.45, 2.75) is 51.5 Å². The van der Waals surface area contributed by atoms with Gasteiger partial charge >= 0.3 is 5.76 Å². The minimum absolute atomic E-state index is 0.109. The Hall–Kier alpha value is -2.37. The van der Waals surface area contributed by atoms with Gasteiger partial charge in [-0.3, -0.25) is 4.79 Å². The molecule has 0 atom stereocenters. The number of carbonyl (C=O) groups excluding carboxylic acids is 1. The Morgan fingerprint density at radius 3 is 2.52 bits per heavy atom. The SMILES string of the molecule is O=C(Cn1nc(-c2ccccc2)oc1=O)NCC1CCCCCCC1. The molecule has 1 saturated carbocycles. The first-order valence-corrected chi connectivity index (χ1v) is 9.12. The van der Waals surface area contributed by atoms with E-state index in [-0.39, 0.29) is 18.3 Å². The monoisotopic (exact) mass is 343 g/mol. The van der Waals surface area contributed by atoms with Crippen LogP contribution in [0.3, 0.4) is 0 Å². The Bertz CT molecular complexity index is 728. The summed E-state index contributed by atoms with van der Waals surface area (Å²) in [5.74, 6) is -0.0337. The lowest BCUT2D eigenvalue weighted by atomic mass is 9.91. The Labute approximate surface area is 147 Å². The third-order valence-corrected chi connectivity index (χ3v) is 4.73. The third-order valence-electron chi connectivity index (χ3n) is 4.73. The van der Waals surface area contributed by atoms with Crippen LogP contribution >= 0.6 is 0 Å². The summed E-state index contributed by atoms with van der Waals surface area (Å²) < 4.78 is 6.22. The van der Waals surface area contributed by atoms with Gasteiger partial charge in [-0.1, -0.05) is 50.3 Å². The zero-order chi connectivity index (χ0) is 17.5. The van der Waals surface area contributed by atoms with Gasteiger partial charge in [0.2, 0.25) is 11.8 Å². The van der Waals surface area contributed by atoms with Crippen LogP contribution in [0.25, 0.3) is 11.5 Å². The van der Waals surface area contributed by atoms with Crippen LogP contribution in [0.4, 0.5) is 0 Å². The van der Waals surface area contributed by atoms with Gasteiger partial charge in [0.25, 0.3) is 0 Å². The van der Waals surface area contributed by atoms with E-state index in [1.165, 1.54) is 44.9 Å². The van der Waals surface area contributed by atoms with Crippen molar-refractivity contribution in [2.24, 2.45) is 5.92 Å². The molecule has 0 unspecified atom stereocenters. The van der Waals surface area contributed by atoms with Gasteiger partial charge in [-0.25, -0.2) is 4.79 Å². The second-order valence-corrected chi connectivity index (χ2v) is 6.71. The molecule has 0 bridgehead atoms. The predicted molar refractivity (Wildman–Crippen MR) is 95.0 cm³/mol. The Morgan fingerprint density at radius 1 is 1.12 bits per heavy atom. The molecule has 1 heterocycles. The van der Waals surface area contributed by atoms with Gasteiger partial charge in [0, 0.05) is 12.1 Å². The lowest BCUT2D eigenvalue weighted by Crippen LogP contribution is -2.34. The van der Waals surface area contributed by atoms with Crippen LogP contribution < -0.4 is 11.1 Å². The summed E-state index contributed by atoms with van der Waals surface area (Å²) in [6.07, 6.45) is 8.73. The highest BCUT2D eigenvalue weighted by atomic mass is 16.4. The van der Waals surface area contributed by atoms with Gasteiger partial charge in [0.05, 0.1) is 0 Å². The number of aromatic nitrogens is 2. The van der Waals surface area contributed by atoms with Crippen LogP contribution in [0.5, 0.6) is 0 Å². The molecule has 1 N–H and O–H groups in total. The van der Waals surface area contributed by atoms with Crippen LogP contribution in [0.2, 0.25) is 0 Å². The molecule has 1 fully saturated rings. The van der Waals surface area contributed by atoms with Crippen LogP contribution in [0.1, 0.15) is 44.9 Å². The van der Waals surface area contributed by atoms with Crippen LogP contribution in [0, 0.1) is 5.92 Å². The Balaban J connectivity index is 1.54. The molecule has 1 aromatic carbocycles. The van der Waals surface area contributed by atoms with Crippen molar-refractivity contribution in [2.75, 3.05) is 6.54 Å². The molecule has 0 radical (unpaired) electrons.